The van der Waals surface area contributed by atoms with Crippen molar-refractivity contribution in [1.29, 1.82) is 0 Å². The van der Waals surface area contributed by atoms with Gasteiger partial charge in [-0.2, -0.15) is 4.31 Å². The van der Waals surface area contributed by atoms with Crippen LogP contribution < -0.4 is 0 Å². The van der Waals surface area contributed by atoms with Gasteiger partial charge in [-0.3, -0.25) is 0 Å². The smallest absolute Gasteiger partial charge is 0.243 e. The molecule has 2 atom stereocenters. The normalized spacial score (nSPS) is 28.1. The van der Waals surface area contributed by atoms with Gasteiger partial charge in [-0.15, -0.1) is 0 Å². The van der Waals surface area contributed by atoms with Crippen molar-refractivity contribution >= 4 is 10.0 Å². The van der Waals surface area contributed by atoms with E-state index in [0.29, 0.717) is 17.9 Å². The maximum atomic E-state index is 12.3. The third-order valence-corrected chi connectivity index (χ3v) is 5.39. The predicted molar refractivity (Wildman–Crippen MR) is 65.2 cm³/mol. The Kier molecular flexibility index (Phi) is 3.01. The number of sulfonamides is 1. The first kappa shape index (κ1) is 12.5. The number of aliphatic hydroxyl groups is 1. The molecule has 0 aliphatic carbocycles. The fraction of sp³-hybridized carbons (Fsp3) is 0.500. The zero-order valence-corrected chi connectivity index (χ0v) is 10.9. The SMILES string of the molecule is CCC1(CO)CN1S(=O)(=O)c1ccc(C)cc1. The first-order chi connectivity index (χ1) is 7.96. The number of hydrogen-bond acceptors (Lipinski definition) is 3. The standard InChI is InChI=1S/C12H17NO3S/c1-3-12(9-14)8-13(12)17(15,16)11-6-4-10(2)5-7-11/h4-7,14H,3,8-9H2,1-2H3. The Bertz CT molecular complexity index is 503. The lowest BCUT2D eigenvalue weighted by molar-refractivity contribution is 0.231. The van der Waals surface area contributed by atoms with E-state index in [4.69, 9.17) is 0 Å². The van der Waals surface area contributed by atoms with Gasteiger partial charge in [-0.05, 0) is 25.5 Å². The minimum Gasteiger partial charge on any atom is -0.394 e. The van der Waals surface area contributed by atoms with Crippen LogP contribution in [0.2, 0.25) is 0 Å². The number of benzene rings is 1. The van der Waals surface area contributed by atoms with E-state index in [2.05, 4.69) is 0 Å². The lowest BCUT2D eigenvalue weighted by Crippen LogP contribution is -2.26. The molecule has 2 rings (SSSR count). The Morgan fingerprint density at radius 2 is 1.94 bits per heavy atom. The van der Waals surface area contributed by atoms with Crippen molar-refractivity contribution in [2.24, 2.45) is 0 Å². The van der Waals surface area contributed by atoms with E-state index in [1.165, 1.54) is 4.31 Å². The third-order valence-electron chi connectivity index (χ3n) is 3.42. The second-order valence-corrected chi connectivity index (χ2v) is 6.42. The molecule has 1 N–H and O–H groups in total. The molecule has 1 aliphatic rings. The molecule has 1 fully saturated rings. The average molecular weight is 255 g/mol. The van der Waals surface area contributed by atoms with E-state index >= 15 is 0 Å². The summed E-state index contributed by atoms with van der Waals surface area (Å²) in [6.07, 6.45) is 0.634. The summed E-state index contributed by atoms with van der Waals surface area (Å²) in [6, 6.07) is 6.79. The van der Waals surface area contributed by atoms with Crippen LogP contribution in [0.5, 0.6) is 0 Å². The number of hydrogen-bond donors (Lipinski definition) is 1. The Hall–Kier alpha value is -0.910. The highest BCUT2D eigenvalue weighted by molar-refractivity contribution is 7.89. The molecule has 1 heterocycles. The van der Waals surface area contributed by atoms with Gasteiger partial charge in [0.25, 0.3) is 0 Å². The zero-order valence-electron chi connectivity index (χ0n) is 10.0. The number of nitrogens with zero attached hydrogens (tertiary/aromatic N) is 1. The largest absolute Gasteiger partial charge is 0.394 e. The Morgan fingerprint density at radius 3 is 2.35 bits per heavy atom. The second kappa shape index (κ2) is 4.08. The predicted octanol–water partition coefficient (Wildman–Crippen LogP) is 1.14. The van der Waals surface area contributed by atoms with Gasteiger partial charge in [-0.25, -0.2) is 8.42 Å². The summed E-state index contributed by atoms with van der Waals surface area (Å²) in [5.41, 5.74) is 0.461. The molecule has 5 heteroatoms. The Balaban J connectivity index is 2.30. The average Bonchev–Trinajstić information content (AvgIpc) is 3.06. The summed E-state index contributed by atoms with van der Waals surface area (Å²) < 4.78 is 25.9. The number of aliphatic hydroxyl groups excluding tert-OH is 1. The van der Waals surface area contributed by atoms with E-state index in [1.807, 2.05) is 13.8 Å². The van der Waals surface area contributed by atoms with Crippen LogP contribution in [0.3, 0.4) is 0 Å². The fourth-order valence-corrected chi connectivity index (χ4v) is 3.78. The van der Waals surface area contributed by atoms with Gasteiger partial charge in [0.15, 0.2) is 0 Å². The second-order valence-electron chi connectivity index (χ2n) is 4.56. The van der Waals surface area contributed by atoms with Crippen molar-refractivity contribution in [2.45, 2.75) is 30.7 Å². The fourth-order valence-electron chi connectivity index (χ4n) is 1.94. The summed E-state index contributed by atoms with van der Waals surface area (Å²) >= 11 is 0. The van der Waals surface area contributed by atoms with Crippen molar-refractivity contribution in [3.05, 3.63) is 29.8 Å². The summed E-state index contributed by atoms with van der Waals surface area (Å²) in [4.78, 5) is 0.298. The molecule has 17 heavy (non-hydrogen) atoms. The van der Waals surface area contributed by atoms with Gasteiger partial charge in [0.05, 0.1) is 17.0 Å². The molecule has 0 bridgehead atoms. The van der Waals surface area contributed by atoms with Crippen LogP contribution in [0, 0.1) is 6.92 Å². The van der Waals surface area contributed by atoms with Gasteiger partial charge in [0.1, 0.15) is 0 Å². The number of rotatable bonds is 4. The van der Waals surface area contributed by atoms with Gasteiger partial charge >= 0.3 is 0 Å². The monoisotopic (exact) mass is 255 g/mol. The van der Waals surface area contributed by atoms with E-state index in [-0.39, 0.29) is 6.61 Å². The van der Waals surface area contributed by atoms with E-state index in [1.54, 1.807) is 24.3 Å². The van der Waals surface area contributed by atoms with Crippen LogP contribution in [-0.4, -0.2) is 36.5 Å². The topological polar surface area (TPSA) is 57.4 Å². The lowest BCUT2D eigenvalue weighted by atomic mass is 10.1. The van der Waals surface area contributed by atoms with Gasteiger partial charge in [-0.1, -0.05) is 24.6 Å². The first-order valence-corrected chi connectivity index (χ1v) is 7.11. The molecule has 1 aromatic rings. The Labute approximate surface area is 102 Å². The maximum Gasteiger partial charge on any atom is 0.243 e. The molecule has 0 spiro atoms. The molecule has 4 nitrogen and oxygen atoms in total. The molecule has 0 aromatic heterocycles. The van der Waals surface area contributed by atoms with E-state index in [9.17, 15) is 13.5 Å². The number of aryl methyl sites for hydroxylation is 1. The van der Waals surface area contributed by atoms with Crippen molar-refractivity contribution < 1.29 is 13.5 Å². The first-order valence-electron chi connectivity index (χ1n) is 5.67. The highest BCUT2D eigenvalue weighted by Gasteiger charge is 2.57. The van der Waals surface area contributed by atoms with Gasteiger partial charge < -0.3 is 5.11 Å². The third kappa shape index (κ3) is 1.99. The zero-order chi connectivity index (χ0) is 12.7. The van der Waals surface area contributed by atoms with Crippen LogP contribution in [0.1, 0.15) is 18.9 Å². The van der Waals surface area contributed by atoms with E-state index < -0.39 is 15.6 Å². The highest BCUT2D eigenvalue weighted by Crippen LogP contribution is 2.40. The van der Waals surface area contributed by atoms with Crippen molar-refractivity contribution in [3.8, 4) is 0 Å². The van der Waals surface area contributed by atoms with Crippen molar-refractivity contribution in [2.75, 3.05) is 13.2 Å². The molecule has 0 saturated carbocycles. The summed E-state index contributed by atoms with van der Waals surface area (Å²) in [6.45, 7) is 4.10. The van der Waals surface area contributed by atoms with Crippen molar-refractivity contribution in [3.63, 3.8) is 0 Å². The highest BCUT2D eigenvalue weighted by atomic mass is 32.2. The molecular formula is C12H17NO3S. The van der Waals surface area contributed by atoms with Crippen LogP contribution in [0.4, 0.5) is 0 Å². The summed E-state index contributed by atoms with van der Waals surface area (Å²) in [5, 5.41) is 9.28. The molecule has 94 valence electrons. The molecule has 1 aliphatic heterocycles. The molecule has 0 amide bonds. The molecule has 2 unspecified atom stereocenters. The van der Waals surface area contributed by atoms with E-state index in [0.717, 1.165) is 5.56 Å². The van der Waals surface area contributed by atoms with Gasteiger partial charge in [0.2, 0.25) is 10.0 Å². The molecule has 1 aromatic carbocycles. The summed E-state index contributed by atoms with van der Waals surface area (Å²) in [5.74, 6) is 0. The minimum atomic E-state index is -3.44. The maximum absolute atomic E-state index is 12.3. The van der Waals surface area contributed by atoms with Crippen LogP contribution in [0.15, 0.2) is 29.2 Å². The Morgan fingerprint density at radius 1 is 1.35 bits per heavy atom. The minimum absolute atomic E-state index is 0.116. The van der Waals surface area contributed by atoms with Crippen molar-refractivity contribution in [1.82, 2.24) is 4.31 Å². The summed E-state index contributed by atoms with van der Waals surface area (Å²) in [7, 11) is -3.44. The quantitative estimate of drug-likeness (QED) is 0.821. The van der Waals surface area contributed by atoms with Crippen LogP contribution >= 0.6 is 0 Å². The van der Waals surface area contributed by atoms with Crippen LogP contribution in [-0.2, 0) is 10.0 Å². The lowest BCUT2D eigenvalue weighted by Gasteiger charge is -2.13. The van der Waals surface area contributed by atoms with Gasteiger partial charge in [0, 0.05) is 6.54 Å². The molecule has 0 radical (unpaired) electrons. The van der Waals surface area contributed by atoms with Crippen LogP contribution in [0.25, 0.3) is 0 Å². The molecular weight excluding hydrogens is 238 g/mol. The molecule has 1 saturated heterocycles.